The number of aliphatic carboxylic acids is 2. The van der Waals surface area contributed by atoms with Gasteiger partial charge in [0.25, 0.3) is 0 Å². The molecule has 0 aliphatic rings. The molecule has 0 bridgehead atoms. The van der Waals surface area contributed by atoms with Crippen LogP contribution < -0.4 is 0 Å². The number of carbonyl (C=O) groups excluding carboxylic acids is 1. The average molecular weight is 198 g/mol. The third kappa shape index (κ3) is 2.33. The van der Waals surface area contributed by atoms with Crippen molar-refractivity contribution in [3.63, 3.8) is 0 Å². The zero-order valence-corrected chi connectivity index (χ0v) is 7.61. The van der Waals surface area contributed by atoms with E-state index < -0.39 is 36.0 Å². The quantitative estimate of drug-likeness (QED) is 0.484. The second-order valence-corrected chi connectivity index (χ2v) is 2.89. The van der Waals surface area contributed by atoms with Crippen molar-refractivity contribution >= 4 is 17.7 Å². The molecule has 0 spiro atoms. The highest BCUT2D eigenvalue weighted by atomic mass is 16.4. The van der Waals surface area contributed by atoms with E-state index in [1.54, 1.807) is 0 Å². The van der Waals surface area contributed by atoms with Gasteiger partial charge in [-0.15, -0.1) is 12.3 Å². The summed E-state index contributed by atoms with van der Waals surface area (Å²) in [5.41, 5.74) is -1.99. The van der Waals surface area contributed by atoms with Crippen LogP contribution in [0.5, 0.6) is 0 Å². The van der Waals surface area contributed by atoms with Crippen LogP contribution in [0.4, 0.5) is 0 Å². The molecular formula is C9H10O5. The molecule has 0 aromatic rings. The molecule has 5 heteroatoms. The third-order valence-corrected chi connectivity index (χ3v) is 1.94. The van der Waals surface area contributed by atoms with E-state index in [0.29, 0.717) is 0 Å². The summed E-state index contributed by atoms with van der Waals surface area (Å²) in [5, 5.41) is 17.3. The van der Waals surface area contributed by atoms with Crippen LogP contribution in [0.25, 0.3) is 0 Å². The Morgan fingerprint density at radius 1 is 1.36 bits per heavy atom. The fraction of sp³-hybridized carbons (Fsp3) is 0.444. The summed E-state index contributed by atoms with van der Waals surface area (Å²) < 4.78 is 0. The van der Waals surface area contributed by atoms with Crippen LogP contribution in [-0.4, -0.2) is 27.9 Å². The molecule has 0 saturated heterocycles. The molecule has 0 amide bonds. The van der Waals surface area contributed by atoms with Crippen molar-refractivity contribution in [2.24, 2.45) is 5.41 Å². The molecule has 0 aliphatic carbocycles. The number of hydrogen-bond donors (Lipinski definition) is 2. The first-order chi connectivity index (χ1) is 6.36. The number of ketones is 1. The lowest BCUT2D eigenvalue weighted by Crippen LogP contribution is -2.39. The van der Waals surface area contributed by atoms with E-state index in [4.69, 9.17) is 16.6 Å². The van der Waals surface area contributed by atoms with Crippen LogP contribution >= 0.6 is 0 Å². The van der Waals surface area contributed by atoms with Gasteiger partial charge in [0.2, 0.25) is 0 Å². The highest BCUT2D eigenvalue weighted by Crippen LogP contribution is 2.28. The van der Waals surface area contributed by atoms with Gasteiger partial charge in [-0.3, -0.25) is 14.4 Å². The van der Waals surface area contributed by atoms with Crippen LogP contribution in [0.2, 0.25) is 0 Å². The second-order valence-electron chi connectivity index (χ2n) is 2.89. The van der Waals surface area contributed by atoms with Gasteiger partial charge in [-0.2, -0.15) is 0 Å². The molecule has 1 unspecified atom stereocenters. The van der Waals surface area contributed by atoms with E-state index in [-0.39, 0.29) is 0 Å². The number of carboxylic acids is 2. The third-order valence-electron chi connectivity index (χ3n) is 1.94. The van der Waals surface area contributed by atoms with Gasteiger partial charge in [0.1, 0.15) is 11.2 Å². The molecule has 76 valence electrons. The van der Waals surface area contributed by atoms with E-state index in [2.05, 4.69) is 0 Å². The zero-order chi connectivity index (χ0) is 11.4. The molecule has 0 rings (SSSR count). The maximum absolute atomic E-state index is 11.1. The topological polar surface area (TPSA) is 91.7 Å². The Hall–Kier alpha value is -1.83. The Labute approximate surface area is 80.7 Å². The molecule has 0 aliphatic heterocycles. The van der Waals surface area contributed by atoms with Gasteiger partial charge in [0, 0.05) is 6.42 Å². The van der Waals surface area contributed by atoms with Crippen LogP contribution in [-0.2, 0) is 14.4 Å². The molecule has 5 nitrogen and oxygen atoms in total. The molecule has 0 radical (unpaired) electrons. The lowest BCUT2D eigenvalue weighted by molar-refractivity contribution is -0.160. The maximum atomic E-state index is 11.1. The SMILES string of the molecule is C#CCC(CC(=O)O)(C(C)=O)C(=O)O. The lowest BCUT2D eigenvalue weighted by atomic mass is 9.78. The van der Waals surface area contributed by atoms with Crippen LogP contribution in [0, 0.1) is 17.8 Å². The van der Waals surface area contributed by atoms with Crippen LogP contribution in [0.1, 0.15) is 19.8 Å². The smallest absolute Gasteiger partial charge is 0.318 e. The van der Waals surface area contributed by atoms with E-state index in [1.807, 2.05) is 5.92 Å². The van der Waals surface area contributed by atoms with Crippen molar-refractivity contribution in [1.82, 2.24) is 0 Å². The zero-order valence-electron chi connectivity index (χ0n) is 7.61. The number of Topliss-reactive ketones (excluding diaryl/α,β-unsaturated/α-hetero) is 1. The Balaban J connectivity index is 5.17. The normalized spacial score (nSPS) is 13.7. The summed E-state index contributed by atoms with van der Waals surface area (Å²) in [6.07, 6.45) is 3.70. The van der Waals surface area contributed by atoms with Crippen molar-refractivity contribution in [2.45, 2.75) is 19.8 Å². The van der Waals surface area contributed by atoms with Gasteiger partial charge in [-0.1, -0.05) is 0 Å². The standard InChI is InChI=1S/C9H10O5/c1-3-4-9(6(2)10,8(13)14)5-7(11)12/h1H,4-5H2,2H3,(H,11,12)(H,13,14). The molecule has 0 heterocycles. The minimum Gasteiger partial charge on any atom is -0.481 e. The van der Waals surface area contributed by atoms with Crippen molar-refractivity contribution in [3.8, 4) is 12.3 Å². The minimum absolute atomic E-state index is 0.413. The highest BCUT2D eigenvalue weighted by Gasteiger charge is 2.44. The summed E-state index contributed by atoms with van der Waals surface area (Å²) in [6.45, 7) is 1.02. The first-order valence-electron chi connectivity index (χ1n) is 3.76. The highest BCUT2D eigenvalue weighted by molar-refractivity contribution is 6.04. The van der Waals surface area contributed by atoms with Crippen molar-refractivity contribution in [3.05, 3.63) is 0 Å². The molecule has 14 heavy (non-hydrogen) atoms. The van der Waals surface area contributed by atoms with Gasteiger partial charge in [-0.05, 0) is 6.92 Å². The summed E-state index contributed by atoms with van der Waals surface area (Å²) in [6, 6.07) is 0. The largest absolute Gasteiger partial charge is 0.481 e. The average Bonchev–Trinajstić information content (AvgIpc) is 2.01. The van der Waals surface area contributed by atoms with E-state index in [9.17, 15) is 14.4 Å². The number of hydrogen-bond acceptors (Lipinski definition) is 3. The summed E-state index contributed by atoms with van der Waals surface area (Å²) >= 11 is 0. The fourth-order valence-corrected chi connectivity index (χ4v) is 1.05. The second kappa shape index (κ2) is 4.42. The van der Waals surface area contributed by atoms with Gasteiger partial charge < -0.3 is 10.2 Å². The van der Waals surface area contributed by atoms with Gasteiger partial charge in [0.15, 0.2) is 0 Å². The summed E-state index contributed by atoms with van der Waals surface area (Å²) in [5.74, 6) is -1.59. The van der Waals surface area contributed by atoms with E-state index in [0.717, 1.165) is 6.92 Å². The molecular weight excluding hydrogens is 188 g/mol. The molecule has 2 N–H and O–H groups in total. The van der Waals surface area contributed by atoms with Crippen molar-refractivity contribution in [2.75, 3.05) is 0 Å². The molecule has 0 aromatic carbocycles. The summed E-state index contributed by atoms with van der Waals surface area (Å²) in [4.78, 5) is 32.3. The number of terminal acetylenes is 1. The molecule has 0 aromatic heterocycles. The van der Waals surface area contributed by atoms with Gasteiger partial charge in [0.05, 0.1) is 6.42 Å². The van der Waals surface area contributed by atoms with Crippen molar-refractivity contribution < 1.29 is 24.6 Å². The Morgan fingerprint density at radius 3 is 2.07 bits per heavy atom. The summed E-state index contributed by atoms with van der Waals surface area (Å²) in [7, 11) is 0. The monoisotopic (exact) mass is 198 g/mol. The first-order valence-corrected chi connectivity index (χ1v) is 3.76. The Bertz CT molecular complexity index is 296. The number of carboxylic acid groups (broad SMARTS) is 2. The Kier molecular flexibility index (Phi) is 3.84. The van der Waals surface area contributed by atoms with E-state index in [1.165, 1.54) is 0 Å². The van der Waals surface area contributed by atoms with Crippen LogP contribution in [0.3, 0.4) is 0 Å². The fourth-order valence-electron chi connectivity index (χ4n) is 1.05. The predicted molar refractivity (Wildman–Crippen MR) is 46.5 cm³/mol. The maximum Gasteiger partial charge on any atom is 0.318 e. The minimum atomic E-state index is -1.99. The number of rotatable bonds is 5. The number of carbonyl (C=O) groups is 3. The Morgan fingerprint density at radius 2 is 1.86 bits per heavy atom. The van der Waals surface area contributed by atoms with Crippen LogP contribution in [0.15, 0.2) is 0 Å². The van der Waals surface area contributed by atoms with E-state index >= 15 is 0 Å². The first kappa shape index (κ1) is 12.2. The van der Waals surface area contributed by atoms with Gasteiger partial charge >= 0.3 is 11.9 Å². The molecule has 0 saturated carbocycles. The molecule has 1 atom stereocenters. The molecule has 0 fully saturated rings. The van der Waals surface area contributed by atoms with Gasteiger partial charge in [-0.25, -0.2) is 0 Å². The van der Waals surface area contributed by atoms with Crippen molar-refractivity contribution in [1.29, 1.82) is 0 Å². The predicted octanol–water partition coefficient (Wildman–Crippen LogP) is 0.144. The lowest BCUT2D eigenvalue weighted by Gasteiger charge is -2.21.